The molecule has 0 aliphatic heterocycles. The Morgan fingerprint density at radius 1 is 1.30 bits per heavy atom. The van der Waals surface area contributed by atoms with Crippen molar-refractivity contribution in [1.82, 2.24) is 9.97 Å². The summed E-state index contributed by atoms with van der Waals surface area (Å²) in [5.74, 6) is -0.253. The van der Waals surface area contributed by atoms with E-state index >= 15 is 0 Å². The van der Waals surface area contributed by atoms with Crippen LogP contribution >= 0.6 is 11.3 Å². The van der Waals surface area contributed by atoms with Crippen LogP contribution < -0.4 is 0 Å². The minimum absolute atomic E-state index is 0.209. The van der Waals surface area contributed by atoms with Gasteiger partial charge in [-0.2, -0.15) is 0 Å². The molecular formula is C15H18N2O2S. The number of carbonyl (C=O) groups is 1. The number of rotatable bonds is 4. The summed E-state index contributed by atoms with van der Waals surface area (Å²) in [6.45, 7) is 2.11. The number of aromatic nitrogens is 2. The molecule has 0 atom stereocenters. The first-order valence-corrected chi connectivity index (χ1v) is 8.06. The molecule has 5 heteroatoms. The Bertz CT molecular complexity index is 663. The molecule has 0 amide bonds. The van der Waals surface area contributed by atoms with Crippen LogP contribution in [0.2, 0.25) is 0 Å². The Balaban J connectivity index is 2.17. The molecule has 2 heterocycles. The number of carboxylic acids is 1. The molecule has 106 valence electrons. The van der Waals surface area contributed by atoms with Gasteiger partial charge in [0.1, 0.15) is 10.7 Å². The maximum Gasteiger partial charge on any atom is 0.355 e. The van der Waals surface area contributed by atoms with Crippen molar-refractivity contribution in [2.24, 2.45) is 0 Å². The lowest BCUT2D eigenvalue weighted by atomic mass is 9.96. The number of hydrogen-bond acceptors (Lipinski definition) is 4. The van der Waals surface area contributed by atoms with E-state index in [0.717, 1.165) is 48.7 Å². The van der Waals surface area contributed by atoms with E-state index in [4.69, 9.17) is 0 Å². The zero-order valence-corrected chi connectivity index (χ0v) is 12.4. The molecule has 1 aliphatic carbocycles. The highest BCUT2D eigenvalue weighted by atomic mass is 32.1. The summed E-state index contributed by atoms with van der Waals surface area (Å²) in [6.07, 6.45) is 7.16. The molecule has 4 nitrogen and oxygen atoms in total. The van der Waals surface area contributed by atoms with Crippen LogP contribution in [0.15, 0.2) is 0 Å². The Morgan fingerprint density at radius 2 is 2.10 bits per heavy atom. The van der Waals surface area contributed by atoms with Crippen molar-refractivity contribution in [3.05, 3.63) is 22.0 Å². The summed E-state index contributed by atoms with van der Waals surface area (Å²) in [6, 6.07) is 0. The van der Waals surface area contributed by atoms with Gasteiger partial charge in [0.15, 0.2) is 5.69 Å². The lowest BCUT2D eigenvalue weighted by Gasteiger charge is -2.11. The second-order valence-corrected chi connectivity index (χ2v) is 6.37. The number of hydrogen-bond donors (Lipinski definition) is 1. The number of carboxylic acid groups (broad SMARTS) is 1. The van der Waals surface area contributed by atoms with Gasteiger partial charge in [-0.1, -0.05) is 13.3 Å². The van der Waals surface area contributed by atoms with Crippen LogP contribution in [0.25, 0.3) is 10.2 Å². The summed E-state index contributed by atoms with van der Waals surface area (Å²) in [7, 11) is 0. The number of unbranched alkanes of at least 4 members (excludes halogenated alkanes) is 1. The van der Waals surface area contributed by atoms with Gasteiger partial charge in [0.05, 0.1) is 0 Å². The number of nitrogens with zero attached hydrogens (tertiary/aromatic N) is 2. The highest BCUT2D eigenvalue weighted by Crippen LogP contribution is 2.36. The van der Waals surface area contributed by atoms with Crippen LogP contribution in [0.3, 0.4) is 0 Å². The lowest BCUT2D eigenvalue weighted by Crippen LogP contribution is -2.08. The first kappa shape index (κ1) is 13.5. The average molecular weight is 290 g/mol. The minimum Gasteiger partial charge on any atom is -0.476 e. The van der Waals surface area contributed by atoms with E-state index in [2.05, 4.69) is 16.9 Å². The van der Waals surface area contributed by atoms with Crippen molar-refractivity contribution in [1.29, 1.82) is 0 Å². The van der Waals surface area contributed by atoms with E-state index < -0.39 is 5.97 Å². The van der Waals surface area contributed by atoms with Gasteiger partial charge in [-0.25, -0.2) is 14.8 Å². The Hall–Kier alpha value is -1.49. The second-order valence-electron chi connectivity index (χ2n) is 5.29. The van der Waals surface area contributed by atoms with Crippen molar-refractivity contribution in [2.75, 3.05) is 0 Å². The molecule has 0 spiro atoms. The first-order chi connectivity index (χ1) is 9.70. The average Bonchev–Trinajstić information content (AvgIpc) is 2.82. The number of aryl methyl sites for hydroxylation is 3. The molecule has 1 N–H and O–H groups in total. The predicted molar refractivity (Wildman–Crippen MR) is 79.6 cm³/mol. The lowest BCUT2D eigenvalue weighted by molar-refractivity contribution is 0.0692. The highest BCUT2D eigenvalue weighted by molar-refractivity contribution is 7.18. The number of aromatic carboxylic acids is 1. The third kappa shape index (κ3) is 2.30. The molecule has 2 aromatic heterocycles. The summed E-state index contributed by atoms with van der Waals surface area (Å²) in [4.78, 5) is 22.6. The molecule has 0 fully saturated rings. The zero-order chi connectivity index (χ0) is 14.1. The molecule has 2 aromatic rings. The SMILES string of the molecule is CCCCc1nc(C(=O)O)c2c3c(sc2n1)CCCC3. The Labute approximate surface area is 121 Å². The smallest absolute Gasteiger partial charge is 0.355 e. The third-order valence-corrected chi connectivity index (χ3v) is 5.00. The van der Waals surface area contributed by atoms with Gasteiger partial charge in [0.2, 0.25) is 0 Å². The minimum atomic E-state index is -0.929. The Kier molecular flexibility index (Phi) is 3.70. The van der Waals surface area contributed by atoms with Gasteiger partial charge in [0.25, 0.3) is 0 Å². The standard InChI is InChI=1S/C15H18N2O2S/c1-2-3-8-11-16-13(15(18)19)12-9-6-4-5-7-10(9)20-14(12)17-11/h2-8H2,1H3,(H,18,19). The topological polar surface area (TPSA) is 63.1 Å². The van der Waals surface area contributed by atoms with E-state index in [-0.39, 0.29) is 5.69 Å². The van der Waals surface area contributed by atoms with E-state index in [1.54, 1.807) is 11.3 Å². The number of fused-ring (bicyclic) bond motifs is 3. The second kappa shape index (κ2) is 5.48. The normalized spacial score (nSPS) is 14.4. The highest BCUT2D eigenvalue weighted by Gasteiger charge is 2.23. The van der Waals surface area contributed by atoms with Crippen LogP contribution in [0.4, 0.5) is 0 Å². The van der Waals surface area contributed by atoms with Crippen LogP contribution in [0.1, 0.15) is 59.4 Å². The van der Waals surface area contributed by atoms with Crippen LogP contribution in [-0.4, -0.2) is 21.0 Å². The number of thiophene rings is 1. The Morgan fingerprint density at radius 3 is 2.85 bits per heavy atom. The van der Waals surface area contributed by atoms with E-state index in [1.807, 2.05) is 0 Å². The molecule has 0 unspecified atom stereocenters. The van der Waals surface area contributed by atoms with E-state index in [0.29, 0.717) is 5.82 Å². The van der Waals surface area contributed by atoms with Crippen molar-refractivity contribution in [3.63, 3.8) is 0 Å². The maximum absolute atomic E-state index is 11.5. The van der Waals surface area contributed by atoms with E-state index in [1.165, 1.54) is 16.9 Å². The fourth-order valence-corrected chi connectivity index (χ4v) is 4.08. The molecule has 0 radical (unpaired) electrons. The van der Waals surface area contributed by atoms with Crippen molar-refractivity contribution in [2.45, 2.75) is 51.9 Å². The third-order valence-electron chi connectivity index (χ3n) is 3.82. The molecular weight excluding hydrogens is 272 g/mol. The van der Waals surface area contributed by atoms with Crippen molar-refractivity contribution < 1.29 is 9.90 Å². The molecule has 0 aromatic carbocycles. The van der Waals surface area contributed by atoms with Gasteiger partial charge in [-0.05, 0) is 37.7 Å². The first-order valence-electron chi connectivity index (χ1n) is 7.25. The molecule has 0 saturated heterocycles. The monoisotopic (exact) mass is 290 g/mol. The van der Waals surface area contributed by atoms with E-state index in [9.17, 15) is 9.90 Å². The van der Waals surface area contributed by atoms with Gasteiger partial charge in [-0.3, -0.25) is 0 Å². The van der Waals surface area contributed by atoms with Gasteiger partial charge < -0.3 is 5.11 Å². The quantitative estimate of drug-likeness (QED) is 0.934. The van der Waals surface area contributed by atoms with Gasteiger partial charge in [-0.15, -0.1) is 11.3 Å². The molecule has 1 aliphatic rings. The van der Waals surface area contributed by atoms with Crippen LogP contribution in [0.5, 0.6) is 0 Å². The van der Waals surface area contributed by atoms with Gasteiger partial charge >= 0.3 is 5.97 Å². The largest absolute Gasteiger partial charge is 0.476 e. The molecule has 0 bridgehead atoms. The predicted octanol–water partition coefficient (Wildman–Crippen LogP) is 3.61. The summed E-state index contributed by atoms with van der Waals surface area (Å²) >= 11 is 1.66. The summed E-state index contributed by atoms with van der Waals surface area (Å²) in [5.41, 5.74) is 1.40. The molecule has 20 heavy (non-hydrogen) atoms. The fourth-order valence-electron chi connectivity index (χ4n) is 2.80. The van der Waals surface area contributed by atoms with Crippen molar-refractivity contribution in [3.8, 4) is 0 Å². The molecule has 3 rings (SSSR count). The summed E-state index contributed by atoms with van der Waals surface area (Å²) in [5, 5.41) is 10.3. The van der Waals surface area contributed by atoms with Crippen LogP contribution in [0, 0.1) is 0 Å². The molecule has 0 saturated carbocycles. The van der Waals surface area contributed by atoms with Crippen molar-refractivity contribution >= 4 is 27.5 Å². The summed E-state index contributed by atoms with van der Waals surface area (Å²) < 4.78 is 0. The fraction of sp³-hybridized carbons (Fsp3) is 0.533. The van der Waals surface area contributed by atoms with Crippen LogP contribution in [-0.2, 0) is 19.3 Å². The maximum atomic E-state index is 11.5. The zero-order valence-electron chi connectivity index (χ0n) is 11.6. The van der Waals surface area contributed by atoms with Gasteiger partial charge in [0, 0.05) is 16.7 Å².